The van der Waals surface area contributed by atoms with Crippen molar-refractivity contribution < 1.29 is 0 Å². The number of hydrogen-bond acceptors (Lipinski definition) is 6. The Balaban J connectivity index is 1.63. The minimum Gasteiger partial charge on any atom is -0.339 e. The number of nitrogens with one attached hydrogen (secondary N) is 1. The number of aromatic amines is 1. The molecule has 3 aromatic rings. The number of para-hydroxylation sites is 1. The lowest BCUT2D eigenvalue weighted by atomic mass is 9.97. The molecule has 130 valence electrons. The van der Waals surface area contributed by atoms with Crippen LogP contribution in [0, 0.1) is 0 Å². The average Bonchev–Trinajstić information content (AvgIpc) is 3.29. The predicted octanol–water partition coefficient (Wildman–Crippen LogP) is 0.951. The minimum absolute atomic E-state index is 0.149. The summed E-state index contributed by atoms with van der Waals surface area (Å²) in [5, 5.41) is 19.0. The second kappa shape index (κ2) is 6.50. The molecule has 1 aliphatic heterocycles. The van der Waals surface area contributed by atoms with E-state index in [4.69, 9.17) is 0 Å². The molecule has 0 spiro atoms. The van der Waals surface area contributed by atoms with Gasteiger partial charge in [0.25, 0.3) is 0 Å². The molecule has 1 N–H and O–H groups in total. The highest BCUT2D eigenvalue weighted by Gasteiger charge is 2.28. The van der Waals surface area contributed by atoms with E-state index < -0.39 is 0 Å². The highest BCUT2D eigenvalue weighted by atomic mass is 16.1. The molecule has 2 aromatic heterocycles. The van der Waals surface area contributed by atoms with Crippen LogP contribution in [-0.2, 0) is 6.54 Å². The number of H-pyrrole nitrogens is 1. The molecule has 4 rings (SSSR count). The van der Waals surface area contributed by atoms with Gasteiger partial charge in [0, 0.05) is 25.6 Å². The van der Waals surface area contributed by atoms with Crippen LogP contribution in [0.2, 0.25) is 0 Å². The zero-order chi connectivity index (χ0) is 17.2. The Morgan fingerprint density at radius 1 is 1.28 bits per heavy atom. The summed E-state index contributed by atoms with van der Waals surface area (Å²) in [6.07, 6.45) is 1.99. The van der Waals surface area contributed by atoms with E-state index in [1.54, 1.807) is 9.25 Å². The number of benzene rings is 1. The molecule has 1 aliphatic rings. The van der Waals surface area contributed by atoms with E-state index >= 15 is 0 Å². The third-order valence-electron chi connectivity index (χ3n) is 4.63. The predicted molar refractivity (Wildman–Crippen MR) is 91.9 cm³/mol. The summed E-state index contributed by atoms with van der Waals surface area (Å²) in [5.74, 6) is 1.71. The molecular formula is C16H20N8O. The highest BCUT2D eigenvalue weighted by Crippen LogP contribution is 2.28. The second-order valence-corrected chi connectivity index (χ2v) is 6.14. The van der Waals surface area contributed by atoms with Crippen molar-refractivity contribution in [3.05, 3.63) is 46.6 Å². The first-order valence-corrected chi connectivity index (χ1v) is 8.51. The number of tetrazole rings is 1. The van der Waals surface area contributed by atoms with E-state index in [0.29, 0.717) is 6.54 Å². The standard InChI is InChI=1S/C16H20N8O/c1-2-23-14(17-19-16(23)25)12-7-6-10-22(11-12)15-18-20-21-24(15)13-8-4-3-5-9-13/h3-5,8-9,12H,2,6-7,10-11H2,1H3,(H,19,25)/t12-/m1/s1. The lowest BCUT2D eigenvalue weighted by Gasteiger charge is -2.32. The van der Waals surface area contributed by atoms with Gasteiger partial charge in [0.05, 0.1) is 5.69 Å². The van der Waals surface area contributed by atoms with Crippen molar-refractivity contribution in [2.24, 2.45) is 0 Å². The van der Waals surface area contributed by atoms with Crippen molar-refractivity contribution in [1.82, 2.24) is 35.0 Å². The third kappa shape index (κ3) is 2.81. The molecular weight excluding hydrogens is 320 g/mol. The number of hydrogen-bond donors (Lipinski definition) is 1. The van der Waals surface area contributed by atoms with E-state index in [2.05, 4.69) is 30.6 Å². The maximum atomic E-state index is 11.9. The maximum Gasteiger partial charge on any atom is 0.343 e. The van der Waals surface area contributed by atoms with Gasteiger partial charge in [0.2, 0.25) is 5.95 Å². The van der Waals surface area contributed by atoms with Crippen LogP contribution in [0.3, 0.4) is 0 Å². The summed E-state index contributed by atoms with van der Waals surface area (Å²) < 4.78 is 3.45. The van der Waals surface area contributed by atoms with Crippen molar-refractivity contribution in [2.45, 2.75) is 32.2 Å². The summed E-state index contributed by atoms with van der Waals surface area (Å²) in [6, 6.07) is 9.84. The van der Waals surface area contributed by atoms with Crippen LogP contribution < -0.4 is 10.6 Å². The van der Waals surface area contributed by atoms with Gasteiger partial charge in [-0.3, -0.25) is 4.57 Å². The molecule has 0 amide bonds. The smallest absolute Gasteiger partial charge is 0.339 e. The summed E-state index contributed by atoms with van der Waals surface area (Å²) in [5.41, 5.74) is 0.776. The molecule has 0 radical (unpaired) electrons. The molecule has 0 bridgehead atoms. The average molecular weight is 340 g/mol. The van der Waals surface area contributed by atoms with Gasteiger partial charge in [-0.2, -0.15) is 9.78 Å². The van der Waals surface area contributed by atoms with Gasteiger partial charge in [0.15, 0.2) is 0 Å². The first kappa shape index (κ1) is 15.6. The molecule has 0 unspecified atom stereocenters. The van der Waals surface area contributed by atoms with Crippen LogP contribution in [0.5, 0.6) is 0 Å². The van der Waals surface area contributed by atoms with Crippen LogP contribution >= 0.6 is 0 Å². The number of anilines is 1. The highest BCUT2D eigenvalue weighted by molar-refractivity contribution is 5.41. The van der Waals surface area contributed by atoms with E-state index in [9.17, 15) is 4.79 Å². The summed E-state index contributed by atoms with van der Waals surface area (Å²) in [6.45, 7) is 4.18. The zero-order valence-electron chi connectivity index (χ0n) is 14.0. The first-order valence-electron chi connectivity index (χ1n) is 8.51. The van der Waals surface area contributed by atoms with E-state index in [-0.39, 0.29) is 11.6 Å². The molecule has 1 atom stereocenters. The van der Waals surface area contributed by atoms with Gasteiger partial charge in [-0.1, -0.05) is 23.3 Å². The van der Waals surface area contributed by atoms with E-state index in [0.717, 1.165) is 43.4 Å². The van der Waals surface area contributed by atoms with Crippen LogP contribution in [0.4, 0.5) is 5.95 Å². The fraction of sp³-hybridized carbons (Fsp3) is 0.438. The quantitative estimate of drug-likeness (QED) is 0.759. The SMILES string of the molecule is CCn1c([C@@H]2CCCN(c3nnnn3-c3ccccc3)C2)n[nH]c1=O. The third-order valence-corrected chi connectivity index (χ3v) is 4.63. The second-order valence-electron chi connectivity index (χ2n) is 6.14. The van der Waals surface area contributed by atoms with Crippen LogP contribution in [-0.4, -0.2) is 48.1 Å². The van der Waals surface area contributed by atoms with Crippen molar-refractivity contribution in [2.75, 3.05) is 18.0 Å². The monoisotopic (exact) mass is 340 g/mol. The Hall–Kier alpha value is -2.97. The van der Waals surface area contributed by atoms with Gasteiger partial charge >= 0.3 is 5.69 Å². The fourth-order valence-electron chi connectivity index (χ4n) is 3.43. The Morgan fingerprint density at radius 3 is 2.92 bits per heavy atom. The lowest BCUT2D eigenvalue weighted by molar-refractivity contribution is 0.465. The van der Waals surface area contributed by atoms with Crippen molar-refractivity contribution in [1.29, 1.82) is 0 Å². The van der Waals surface area contributed by atoms with Gasteiger partial charge < -0.3 is 4.90 Å². The Kier molecular flexibility index (Phi) is 4.04. The van der Waals surface area contributed by atoms with Crippen molar-refractivity contribution >= 4 is 5.95 Å². The minimum atomic E-state index is -0.149. The van der Waals surface area contributed by atoms with Gasteiger partial charge in [-0.15, -0.1) is 0 Å². The molecule has 0 aliphatic carbocycles. The topological polar surface area (TPSA) is 97.5 Å². The molecule has 1 saturated heterocycles. The normalized spacial score (nSPS) is 17.8. The maximum absolute atomic E-state index is 11.9. The Morgan fingerprint density at radius 2 is 2.12 bits per heavy atom. The summed E-state index contributed by atoms with van der Waals surface area (Å²) in [7, 11) is 0. The van der Waals surface area contributed by atoms with Crippen LogP contribution in [0.1, 0.15) is 31.5 Å². The van der Waals surface area contributed by atoms with Crippen LogP contribution in [0.25, 0.3) is 5.69 Å². The fourth-order valence-corrected chi connectivity index (χ4v) is 3.43. The van der Waals surface area contributed by atoms with E-state index in [1.807, 2.05) is 37.3 Å². The molecule has 0 saturated carbocycles. The van der Waals surface area contributed by atoms with E-state index in [1.165, 1.54) is 0 Å². The van der Waals surface area contributed by atoms with Gasteiger partial charge in [-0.05, 0) is 42.3 Å². The molecule has 3 heterocycles. The van der Waals surface area contributed by atoms with Crippen molar-refractivity contribution in [3.8, 4) is 5.69 Å². The number of aromatic nitrogens is 7. The number of nitrogens with zero attached hydrogens (tertiary/aromatic N) is 7. The van der Waals surface area contributed by atoms with Crippen molar-refractivity contribution in [3.63, 3.8) is 0 Å². The number of rotatable bonds is 4. The Bertz CT molecular complexity index is 896. The zero-order valence-corrected chi connectivity index (χ0v) is 14.0. The molecule has 1 fully saturated rings. The summed E-state index contributed by atoms with van der Waals surface area (Å²) >= 11 is 0. The first-order chi connectivity index (χ1) is 12.3. The number of piperidine rings is 1. The lowest BCUT2D eigenvalue weighted by Crippen LogP contribution is -2.37. The van der Waals surface area contributed by atoms with Crippen LogP contribution in [0.15, 0.2) is 35.1 Å². The Labute approximate surface area is 144 Å². The molecule has 1 aromatic carbocycles. The molecule has 9 nitrogen and oxygen atoms in total. The van der Waals surface area contributed by atoms with Gasteiger partial charge in [-0.25, -0.2) is 9.89 Å². The molecule has 9 heteroatoms. The largest absolute Gasteiger partial charge is 0.343 e. The molecule has 25 heavy (non-hydrogen) atoms. The summed E-state index contributed by atoms with van der Waals surface area (Å²) in [4.78, 5) is 14.0. The van der Waals surface area contributed by atoms with Gasteiger partial charge in [0.1, 0.15) is 5.82 Å².